The van der Waals surface area contributed by atoms with Crippen LogP contribution in [0.15, 0.2) is 46.9 Å². The minimum Gasteiger partial charge on any atom is -0.306 e. The third-order valence-corrected chi connectivity index (χ3v) is 4.27. The fourth-order valence-corrected chi connectivity index (χ4v) is 2.97. The number of nitrogens with zero attached hydrogens (tertiary/aromatic N) is 2. The first-order chi connectivity index (χ1) is 10.6. The summed E-state index contributed by atoms with van der Waals surface area (Å²) < 4.78 is 0.950. The molecule has 2 aromatic carbocycles. The lowest BCUT2D eigenvalue weighted by molar-refractivity contribution is -0.384. The summed E-state index contributed by atoms with van der Waals surface area (Å²) in [4.78, 5) is 24.8. The molecule has 6 heteroatoms. The van der Waals surface area contributed by atoms with E-state index < -0.39 is 4.92 Å². The van der Waals surface area contributed by atoms with Gasteiger partial charge >= 0.3 is 0 Å². The number of rotatable bonds is 3. The van der Waals surface area contributed by atoms with E-state index in [1.807, 2.05) is 30.3 Å². The van der Waals surface area contributed by atoms with E-state index in [1.54, 1.807) is 6.07 Å². The van der Waals surface area contributed by atoms with Crippen molar-refractivity contribution in [2.45, 2.75) is 12.8 Å². The van der Waals surface area contributed by atoms with E-state index in [0.717, 1.165) is 15.6 Å². The van der Waals surface area contributed by atoms with Gasteiger partial charge in [-0.3, -0.25) is 14.9 Å². The lowest BCUT2D eigenvalue weighted by Crippen LogP contribution is -2.30. The van der Waals surface area contributed by atoms with E-state index in [0.29, 0.717) is 18.7 Å². The van der Waals surface area contributed by atoms with Gasteiger partial charge in [0.05, 0.1) is 11.3 Å². The number of amides is 1. The summed E-state index contributed by atoms with van der Waals surface area (Å²) in [5, 5.41) is 11.2. The van der Waals surface area contributed by atoms with Gasteiger partial charge in [0.25, 0.3) is 5.69 Å². The van der Waals surface area contributed by atoms with Crippen molar-refractivity contribution in [3.63, 3.8) is 0 Å². The normalized spacial score (nSPS) is 13.0. The van der Waals surface area contributed by atoms with E-state index in [4.69, 9.17) is 0 Å². The van der Waals surface area contributed by atoms with Crippen molar-refractivity contribution in [3.05, 3.63) is 68.2 Å². The van der Waals surface area contributed by atoms with Crippen LogP contribution < -0.4 is 4.90 Å². The maximum Gasteiger partial charge on any atom is 0.293 e. The third-order valence-electron chi connectivity index (χ3n) is 3.74. The summed E-state index contributed by atoms with van der Waals surface area (Å²) >= 11 is 3.35. The Morgan fingerprint density at radius 1 is 1.23 bits per heavy atom. The van der Waals surface area contributed by atoms with Crippen LogP contribution in [-0.2, 0) is 17.6 Å². The number of carbonyl (C=O) groups is 1. The van der Waals surface area contributed by atoms with Gasteiger partial charge in [-0.05, 0) is 29.7 Å². The average molecular weight is 361 g/mol. The molecule has 0 saturated heterocycles. The Kier molecular flexibility index (Phi) is 3.94. The molecule has 2 aromatic rings. The maximum absolute atomic E-state index is 12.5. The fraction of sp³-hybridized carbons (Fsp3) is 0.188. The molecule has 0 unspecified atom stereocenters. The summed E-state index contributed by atoms with van der Waals surface area (Å²) in [5.41, 5.74) is 2.20. The number of halogens is 1. The van der Waals surface area contributed by atoms with Crippen molar-refractivity contribution in [3.8, 4) is 0 Å². The van der Waals surface area contributed by atoms with Gasteiger partial charge in [-0.15, -0.1) is 0 Å². The molecule has 0 saturated carbocycles. The fourth-order valence-electron chi connectivity index (χ4n) is 2.70. The Labute approximate surface area is 135 Å². The Bertz CT molecular complexity index is 744. The lowest BCUT2D eigenvalue weighted by atomic mass is 10.1. The highest BCUT2D eigenvalue weighted by Gasteiger charge is 2.31. The predicted octanol–water partition coefficient (Wildman–Crippen LogP) is 3.49. The molecule has 3 rings (SSSR count). The molecular weight excluding hydrogens is 348 g/mol. The summed E-state index contributed by atoms with van der Waals surface area (Å²) in [5.74, 6) is -0.115. The van der Waals surface area contributed by atoms with Crippen molar-refractivity contribution in [1.82, 2.24) is 0 Å². The summed E-state index contributed by atoms with van der Waals surface area (Å²) in [6, 6.07) is 12.5. The molecule has 0 spiro atoms. The Balaban J connectivity index is 1.88. The van der Waals surface area contributed by atoms with Gasteiger partial charge in [0.1, 0.15) is 5.69 Å². The average Bonchev–Trinajstić information content (AvgIpc) is 2.93. The van der Waals surface area contributed by atoms with Crippen LogP contribution in [0.3, 0.4) is 0 Å². The summed E-state index contributed by atoms with van der Waals surface area (Å²) in [6.07, 6.45) is 0.891. The van der Waals surface area contributed by atoms with Crippen LogP contribution in [0.2, 0.25) is 0 Å². The number of hydrogen-bond donors (Lipinski definition) is 0. The first kappa shape index (κ1) is 14.7. The summed E-state index contributed by atoms with van der Waals surface area (Å²) in [6.45, 7) is 0.496. The zero-order valence-electron chi connectivity index (χ0n) is 11.7. The number of nitro groups is 1. The van der Waals surface area contributed by atoms with Crippen molar-refractivity contribution in [1.29, 1.82) is 0 Å². The number of benzene rings is 2. The standard InChI is InChI=1S/C16H13BrN2O3/c17-13-6-4-11(5-7-13)10-15(20)18-9-8-12-2-1-3-14(16(12)18)19(21)22/h1-7H,8-10H2. The number of hydrogen-bond acceptors (Lipinski definition) is 3. The van der Waals surface area contributed by atoms with E-state index in [1.165, 1.54) is 11.0 Å². The number of anilines is 1. The predicted molar refractivity (Wildman–Crippen MR) is 87.0 cm³/mol. The molecular formula is C16H13BrN2O3. The minimum absolute atomic E-state index is 0.000781. The number of carbonyl (C=O) groups excluding carboxylic acids is 1. The molecule has 0 radical (unpaired) electrons. The highest BCUT2D eigenvalue weighted by Crippen LogP contribution is 2.37. The lowest BCUT2D eigenvalue weighted by Gasteiger charge is -2.17. The van der Waals surface area contributed by atoms with Crippen molar-refractivity contribution >= 4 is 33.2 Å². The molecule has 0 bridgehead atoms. The monoisotopic (exact) mass is 360 g/mol. The van der Waals surface area contributed by atoms with Crippen LogP contribution in [0.25, 0.3) is 0 Å². The van der Waals surface area contributed by atoms with Crippen molar-refractivity contribution < 1.29 is 9.72 Å². The number of fused-ring (bicyclic) bond motifs is 1. The molecule has 0 aromatic heterocycles. The van der Waals surface area contributed by atoms with Crippen LogP contribution in [0.1, 0.15) is 11.1 Å². The molecule has 1 amide bonds. The van der Waals surface area contributed by atoms with Gasteiger partial charge in [-0.25, -0.2) is 0 Å². The minimum atomic E-state index is -0.427. The van der Waals surface area contributed by atoms with E-state index in [2.05, 4.69) is 15.9 Å². The van der Waals surface area contributed by atoms with Gasteiger partial charge in [0.2, 0.25) is 5.91 Å². The molecule has 1 aliphatic rings. The number of nitro benzene ring substituents is 1. The molecule has 5 nitrogen and oxygen atoms in total. The zero-order chi connectivity index (χ0) is 15.7. The highest BCUT2D eigenvalue weighted by atomic mass is 79.9. The SMILES string of the molecule is O=C(Cc1ccc(Br)cc1)N1CCc2cccc([N+](=O)[O-])c21. The van der Waals surface area contributed by atoms with Crippen LogP contribution in [0.4, 0.5) is 11.4 Å². The maximum atomic E-state index is 12.5. The smallest absolute Gasteiger partial charge is 0.293 e. The van der Waals surface area contributed by atoms with Gasteiger partial charge < -0.3 is 4.90 Å². The van der Waals surface area contributed by atoms with Gasteiger partial charge in [0, 0.05) is 17.1 Å². The van der Waals surface area contributed by atoms with Crippen LogP contribution in [0, 0.1) is 10.1 Å². The van der Waals surface area contributed by atoms with Crippen molar-refractivity contribution in [2.75, 3.05) is 11.4 Å². The third kappa shape index (κ3) is 2.74. The van der Waals surface area contributed by atoms with Crippen LogP contribution in [-0.4, -0.2) is 17.4 Å². The van der Waals surface area contributed by atoms with Gasteiger partial charge in [-0.2, -0.15) is 0 Å². The van der Waals surface area contributed by atoms with Crippen molar-refractivity contribution in [2.24, 2.45) is 0 Å². The van der Waals surface area contributed by atoms with E-state index in [-0.39, 0.29) is 18.0 Å². The number of para-hydroxylation sites is 1. The quantitative estimate of drug-likeness (QED) is 0.621. The largest absolute Gasteiger partial charge is 0.306 e. The Morgan fingerprint density at radius 2 is 1.95 bits per heavy atom. The van der Waals surface area contributed by atoms with Crippen LogP contribution >= 0.6 is 15.9 Å². The molecule has 1 heterocycles. The summed E-state index contributed by atoms with van der Waals surface area (Å²) in [7, 11) is 0. The second kappa shape index (κ2) is 5.88. The molecule has 1 aliphatic heterocycles. The molecule has 0 fully saturated rings. The van der Waals surface area contributed by atoms with E-state index in [9.17, 15) is 14.9 Å². The van der Waals surface area contributed by atoms with Gasteiger partial charge in [-0.1, -0.05) is 40.2 Å². The van der Waals surface area contributed by atoms with Crippen LogP contribution in [0.5, 0.6) is 0 Å². The van der Waals surface area contributed by atoms with E-state index >= 15 is 0 Å². The topological polar surface area (TPSA) is 63.5 Å². The Morgan fingerprint density at radius 3 is 2.64 bits per heavy atom. The molecule has 0 N–H and O–H groups in total. The zero-order valence-corrected chi connectivity index (χ0v) is 13.2. The second-order valence-electron chi connectivity index (χ2n) is 5.14. The highest BCUT2D eigenvalue weighted by molar-refractivity contribution is 9.10. The Hall–Kier alpha value is -2.21. The second-order valence-corrected chi connectivity index (χ2v) is 6.06. The van der Waals surface area contributed by atoms with Gasteiger partial charge in [0.15, 0.2) is 0 Å². The molecule has 112 valence electrons. The first-order valence-corrected chi connectivity index (χ1v) is 7.66. The molecule has 0 aliphatic carbocycles. The molecule has 22 heavy (non-hydrogen) atoms. The first-order valence-electron chi connectivity index (χ1n) is 6.87. The molecule has 0 atom stereocenters.